The average Bonchev–Trinajstić information content (AvgIpc) is 2.40. The molecule has 1 unspecified atom stereocenters. The number of β-amino-alcohol motifs (C(OH)–C–C–N with tert-alkyl or cyclic N) is 1. The summed E-state index contributed by atoms with van der Waals surface area (Å²) in [7, 11) is 0. The SMILES string of the molecule is NC(=O)CCC1(O)CCCN(Cc2ccc(F)cc2Cl)C1. The van der Waals surface area contributed by atoms with Crippen LogP contribution in [0.2, 0.25) is 5.02 Å². The van der Waals surface area contributed by atoms with Gasteiger partial charge in [-0.15, -0.1) is 0 Å². The fraction of sp³-hybridized carbons (Fsp3) is 0.533. The molecular formula is C15H20ClFN2O2. The smallest absolute Gasteiger partial charge is 0.217 e. The summed E-state index contributed by atoms with van der Waals surface area (Å²) >= 11 is 6.03. The molecule has 1 fully saturated rings. The zero-order valence-corrected chi connectivity index (χ0v) is 12.6. The van der Waals surface area contributed by atoms with E-state index in [1.165, 1.54) is 12.1 Å². The normalized spacial score (nSPS) is 23.2. The predicted octanol–water partition coefficient (Wildman–Crippen LogP) is 2.07. The van der Waals surface area contributed by atoms with E-state index < -0.39 is 11.5 Å². The summed E-state index contributed by atoms with van der Waals surface area (Å²) in [5, 5.41) is 10.9. The van der Waals surface area contributed by atoms with Crippen molar-refractivity contribution < 1.29 is 14.3 Å². The Morgan fingerprint density at radius 3 is 2.95 bits per heavy atom. The highest BCUT2D eigenvalue weighted by Gasteiger charge is 2.33. The molecular weight excluding hydrogens is 295 g/mol. The van der Waals surface area contributed by atoms with E-state index >= 15 is 0 Å². The molecule has 3 N–H and O–H groups in total. The molecule has 0 aliphatic carbocycles. The second-order valence-electron chi connectivity index (χ2n) is 5.74. The van der Waals surface area contributed by atoms with Crippen LogP contribution in [-0.4, -0.2) is 34.6 Å². The van der Waals surface area contributed by atoms with Gasteiger partial charge >= 0.3 is 0 Å². The molecule has 2 rings (SSSR count). The van der Waals surface area contributed by atoms with Gasteiger partial charge in [0.25, 0.3) is 0 Å². The van der Waals surface area contributed by atoms with Crippen molar-refractivity contribution in [3.63, 3.8) is 0 Å². The Kier molecular flexibility index (Phi) is 5.19. The molecule has 1 aliphatic rings. The van der Waals surface area contributed by atoms with Crippen molar-refractivity contribution in [2.24, 2.45) is 5.73 Å². The molecule has 0 bridgehead atoms. The number of amides is 1. The third kappa shape index (κ3) is 4.66. The van der Waals surface area contributed by atoms with Crippen LogP contribution < -0.4 is 5.73 Å². The van der Waals surface area contributed by atoms with Gasteiger partial charge in [-0.25, -0.2) is 4.39 Å². The van der Waals surface area contributed by atoms with Crippen molar-refractivity contribution in [2.45, 2.75) is 37.8 Å². The van der Waals surface area contributed by atoms with Crippen LogP contribution in [0.25, 0.3) is 0 Å². The van der Waals surface area contributed by atoms with Crippen molar-refractivity contribution in [1.29, 1.82) is 0 Å². The fourth-order valence-corrected chi connectivity index (χ4v) is 3.02. The Hall–Kier alpha value is -1.17. The molecule has 6 heteroatoms. The zero-order valence-electron chi connectivity index (χ0n) is 11.8. The highest BCUT2D eigenvalue weighted by Crippen LogP contribution is 2.28. The van der Waals surface area contributed by atoms with Crippen LogP contribution in [0.5, 0.6) is 0 Å². The van der Waals surface area contributed by atoms with E-state index in [9.17, 15) is 14.3 Å². The van der Waals surface area contributed by atoms with Gasteiger partial charge in [0.1, 0.15) is 5.82 Å². The van der Waals surface area contributed by atoms with Crippen molar-refractivity contribution in [1.82, 2.24) is 4.90 Å². The first kappa shape index (κ1) is 16.2. The minimum Gasteiger partial charge on any atom is -0.389 e. The number of likely N-dealkylation sites (tertiary alicyclic amines) is 1. The molecule has 1 aliphatic heterocycles. The van der Waals surface area contributed by atoms with Crippen molar-refractivity contribution in [3.05, 3.63) is 34.6 Å². The zero-order chi connectivity index (χ0) is 15.5. The molecule has 116 valence electrons. The van der Waals surface area contributed by atoms with Gasteiger partial charge in [-0.3, -0.25) is 9.69 Å². The summed E-state index contributed by atoms with van der Waals surface area (Å²) in [5.41, 5.74) is 5.09. The number of piperidine rings is 1. The summed E-state index contributed by atoms with van der Waals surface area (Å²) in [6.45, 7) is 1.86. The quantitative estimate of drug-likeness (QED) is 0.874. The second kappa shape index (κ2) is 6.73. The third-order valence-corrected chi connectivity index (χ3v) is 4.23. The predicted molar refractivity (Wildman–Crippen MR) is 79.3 cm³/mol. The van der Waals surface area contributed by atoms with Crippen LogP contribution in [0.3, 0.4) is 0 Å². The van der Waals surface area contributed by atoms with Crippen molar-refractivity contribution in [3.8, 4) is 0 Å². The van der Waals surface area contributed by atoms with Gasteiger partial charge in [0.05, 0.1) is 5.60 Å². The molecule has 0 spiro atoms. The lowest BCUT2D eigenvalue weighted by atomic mass is 9.88. The molecule has 1 amide bonds. The molecule has 1 saturated heterocycles. The number of hydrogen-bond donors (Lipinski definition) is 2. The van der Waals surface area contributed by atoms with E-state index in [1.807, 2.05) is 0 Å². The molecule has 1 aromatic carbocycles. The number of halogens is 2. The number of aliphatic hydroxyl groups is 1. The summed E-state index contributed by atoms with van der Waals surface area (Å²) < 4.78 is 13.0. The largest absolute Gasteiger partial charge is 0.389 e. The molecule has 1 aromatic rings. The average molecular weight is 315 g/mol. The van der Waals surface area contributed by atoms with Crippen molar-refractivity contribution in [2.75, 3.05) is 13.1 Å². The number of primary amides is 1. The molecule has 0 radical (unpaired) electrons. The van der Waals surface area contributed by atoms with E-state index in [0.717, 1.165) is 18.5 Å². The highest BCUT2D eigenvalue weighted by molar-refractivity contribution is 6.31. The standard InChI is InChI=1S/C15H20ClFN2O2/c16-13-8-12(17)3-2-11(13)9-19-7-1-5-15(21,10-19)6-4-14(18)20/h2-3,8,21H,1,4-7,9-10H2,(H2,18,20). The van der Waals surface area contributed by atoms with Crippen LogP contribution >= 0.6 is 11.6 Å². The lowest BCUT2D eigenvalue weighted by molar-refractivity contribution is -0.120. The molecule has 0 aromatic heterocycles. The van der Waals surface area contributed by atoms with Crippen LogP contribution in [0, 0.1) is 5.82 Å². The number of rotatable bonds is 5. The first-order valence-electron chi connectivity index (χ1n) is 7.05. The van der Waals surface area contributed by atoms with Crippen LogP contribution in [0.1, 0.15) is 31.2 Å². The minimum atomic E-state index is -0.889. The molecule has 0 saturated carbocycles. The number of hydrogen-bond acceptors (Lipinski definition) is 3. The first-order chi connectivity index (χ1) is 9.88. The number of carbonyl (C=O) groups excluding carboxylic acids is 1. The van der Waals surface area contributed by atoms with E-state index in [0.29, 0.717) is 31.0 Å². The van der Waals surface area contributed by atoms with Gasteiger partial charge in [0.2, 0.25) is 5.91 Å². The fourth-order valence-electron chi connectivity index (χ4n) is 2.79. The minimum absolute atomic E-state index is 0.182. The number of carbonyl (C=O) groups is 1. The Morgan fingerprint density at radius 1 is 1.52 bits per heavy atom. The Bertz CT molecular complexity index is 526. The number of nitrogens with zero attached hydrogens (tertiary/aromatic N) is 1. The first-order valence-corrected chi connectivity index (χ1v) is 7.43. The maximum atomic E-state index is 13.0. The van der Waals surface area contributed by atoms with Gasteiger partial charge < -0.3 is 10.8 Å². The van der Waals surface area contributed by atoms with Crippen LogP contribution in [-0.2, 0) is 11.3 Å². The van der Waals surface area contributed by atoms with Gasteiger partial charge in [0, 0.05) is 24.5 Å². The number of nitrogens with two attached hydrogens (primary N) is 1. The van der Waals surface area contributed by atoms with Crippen molar-refractivity contribution >= 4 is 17.5 Å². The molecule has 1 atom stereocenters. The maximum Gasteiger partial charge on any atom is 0.217 e. The Labute approximate surface area is 128 Å². The molecule has 1 heterocycles. The summed E-state index contributed by atoms with van der Waals surface area (Å²) in [4.78, 5) is 13.0. The summed E-state index contributed by atoms with van der Waals surface area (Å²) in [6, 6.07) is 4.33. The monoisotopic (exact) mass is 314 g/mol. The van der Waals surface area contributed by atoms with Gasteiger partial charge in [-0.1, -0.05) is 17.7 Å². The number of benzene rings is 1. The topological polar surface area (TPSA) is 66.6 Å². The van der Waals surface area contributed by atoms with Gasteiger partial charge in [-0.05, 0) is 43.5 Å². The summed E-state index contributed by atoms with van der Waals surface area (Å²) in [5.74, 6) is -0.762. The van der Waals surface area contributed by atoms with E-state index in [2.05, 4.69) is 4.90 Å². The Morgan fingerprint density at radius 2 is 2.29 bits per heavy atom. The van der Waals surface area contributed by atoms with Crippen LogP contribution in [0.4, 0.5) is 4.39 Å². The Balaban J connectivity index is 1.99. The maximum absolute atomic E-state index is 13.0. The second-order valence-corrected chi connectivity index (χ2v) is 6.15. The highest BCUT2D eigenvalue weighted by atomic mass is 35.5. The summed E-state index contributed by atoms with van der Waals surface area (Å²) in [6.07, 6.45) is 2.06. The lowest BCUT2D eigenvalue weighted by Gasteiger charge is -2.39. The van der Waals surface area contributed by atoms with E-state index in [1.54, 1.807) is 6.07 Å². The van der Waals surface area contributed by atoms with Gasteiger partial charge in [0.15, 0.2) is 0 Å². The van der Waals surface area contributed by atoms with Gasteiger partial charge in [-0.2, -0.15) is 0 Å². The third-order valence-electron chi connectivity index (χ3n) is 3.88. The van der Waals surface area contributed by atoms with E-state index in [-0.39, 0.29) is 12.2 Å². The molecule has 4 nitrogen and oxygen atoms in total. The van der Waals surface area contributed by atoms with E-state index in [4.69, 9.17) is 17.3 Å². The lowest BCUT2D eigenvalue weighted by Crippen LogP contribution is -2.48. The van der Waals surface area contributed by atoms with Crippen LogP contribution in [0.15, 0.2) is 18.2 Å². The molecule has 21 heavy (non-hydrogen) atoms.